The van der Waals surface area contributed by atoms with Crippen molar-refractivity contribution in [3.63, 3.8) is 0 Å². The first-order chi connectivity index (χ1) is 12.9. The Morgan fingerprint density at radius 2 is 2.00 bits per heavy atom. The summed E-state index contributed by atoms with van der Waals surface area (Å²) in [7, 11) is 1.26. The number of carbonyl (C=O) groups is 1. The normalized spacial score (nSPS) is 10.8. The molecule has 5 nitrogen and oxygen atoms in total. The Kier molecular flexibility index (Phi) is 5.46. The molecule has 3 aromatic rings. The molecule has 0 atom stereocenters. The summed E-state index contributed by atoms with van der Waals surface area (Å²) in [6.07, 6.45) is -0.151. The summed E-state index contributed by atoms with van der Waals surface area (Å²) < 4.78 is 28.7. The van der Waals surface area contributed by atoms with Crippen LogP contribution in [0.3, 0.4) is 0 Å². The van der Waals surface area contributed by atoms with E-state index in [1.165, 1.54) is 19.2 Å². The number of aryl methyl sites for hydroxylation is 1. The average molecular weight is 391 g/mol. The lowest BCUT2D eigenvalue weighted by Gasteiger charge is -2.10. The number of benzene rings is 2. The Bertz CT molecular complexity index is 1070. The van der Waals surface area contributed by atoms with Gasteiger partial charge in [-0.05, 0) is 36.8 Å². The lowest BCUT2D eigenvalue weighted by Crippen LogP contribution is -2.16. The van der Waals surface area contributed by atoms with Crippen LogP contribution in [0, 0.1) is 12.7 Å². The molecule has 0 spiro atoms. The Morgan fingerprint density at radius 3 is 2.70 bits per heavy atom. The maximum absolute atomic E-state index is 13.1. The Hall–Kier alpha value is -2.86. The fraction of sp³-hybridized carbons (Fsp3) is 0.200. The molecule has 0 bridgehead atoms. The van der Waals surface area contributed by atoms with Gasteiger partial charge in [0.2, 0.25) is 0 Å². The summed E-state index contributed by atoms with van der Waals surface area (Å²) in [6.45, 7) is 1.88. The van der Waals surface area contributed by atoms with E-state index in [0.29, 0.717) is 27.8 Å². The van der Waals surface area contributed by atoms with Crippen molar-refractivity contribution in [3.8, 4) is 5.75 Å². The van der Waals surface area contributed by atoms with Crippen LogP contribution in [0.4, 0.5) is 4.39 Å². The first-order valence-corrected chi connectivity index (χ1v) is 8.46. The molecule has 2 aromatic carbocycles. The molecule has 0 N–H and O–H groups in total. The summed E-state index contributed by atoms with van der Waals surface area (Å²) in [5, 5.41) is 0.964. The molecule has 1 aromatic heterocycles. The van der Waals surface area contributed by atoms with Crippen LogP contribution >= 0.6 is 11.6 Å². The van der Waals surface area contributed by atoms with Gasteiger partial charge in [-0.2, -0.15) is 0 Å². The molecule has 0 saturated carbocycles. The molecular weight excluding hydrogens is 375 g/mol. The average Bonchev–Trinajstić information content (AvgIpc) is 2.64. The third-order valence-corrected chi connectivity index (χ3v) is 4.57. The predicted octanol–water partition coefficient (Wildman–Crippen LogP) is 4.19. The molecule has 0 aliphatic heterocycles. The molecule has 27 heavy (non-hydrogen) atoms. The Morgan fingerprint density at radius 1 is 1.22 bits per heavy atom. The van der Waals surface area contributed by atoms with Gasteiger partial charge in [-0.25, -0.2) is 9.18 Å². The van der Waals surface area contributed by atoms with Gasteiger partial charge in [0.25, 0.3) is 0 Å². The molecule has 3 rings (SSSR count). The summed E-state index contributed by atoms with van der Waals surface area (Å²) in [4.78, 5) is 23.7. The van der Waals surface area contributed by atoms with Crippen LogP contribution in [-0.2, 0) is 22.6 Å². The predicted molar refractivity (Wildman–Crippen MR) is 98.7 cm³/mol. The van der Waals surface area contributed by atoms with Crippen molar-refractivity contribution in [3.05, 3.63) is 74.3 Å². The zero-order chi connectivity index (χ0) is 19.6. The highest BCUT2D eigenvalue weighted by Crippen LogP contribution is 2.26. The van der Waals surface area contributed by atoms with E-state index in [9.17, 15) is 14.0 Å². The second kappa shape index (κ2) is 7.80. The van der Waals surface area contributed by atoms with Crippen LogP contribution in [0.1, 0.15) is 16.7 Å². The Balaban J connectivity index is 1.88. The van der Waals surface area contributed by atoms with E-state index in [-0.39, 0.29) is 23.6 Å². The molecule has 1 heterocycles. The van der Waals surface area contributed by atoms with E-state index < -0.39 is 17.4 Å². The van der Waals surface area contributed by atoms with Crippen LogP contribution in [0.25, 0.3) is 11.0 Å². The van der Waals surface area contributed by atoms with Crippen molar-refractivity contribution in [2.45, 2.75) is 20.0 Å². The van der Waals surface area contributed by atoms with Crippen LogP contribution in [0.2, 0.25) is 5.02 Å². The zero-order valence-corrected chi connectivity index (χ0v) is 15.4. The van der Waals surface area contributed by atoms with Crippen molar-refractivity contribution in [1.29, 1.82) is 0 Å². The fourth-order valence-corrected chi connectivity index (χ4v) is 2.91. The third kappa shape index (κ3) is 4.11. The van der Waals surface area contributed by atoms with Crippen LogP contribution < -0.4 is 10.4 Å². The first kappa shape index (κ1) is 18.9. The van der Waals surface area contributed by atoms with E-state index >= 15 is 0 Å². The molecule has 0 unspecified atom stereocenters. The number of carbonyl (C=O) groups excluding carboxylic acids is 1. The molecule has 140 valence electrons. The van der Waals surface area contributed by atoms with Crippen molar-refractivity contribution in [2.24, 2.45) is 0 Å². The maximum atomic E-state index is 13.1. The minimum absolute atomic E-state index is 0.133. The topological polar surface area (TPSA) is 65.7 Å². The summed E-state index contributed by atoms with van der Waals surface area (Å²) in [5.74, 6) is -0.471. The number of fused-ring (bicyclic) bond motifs is 1. The lowest BCUT2D eigenvalue weighted by molar-refractivity contribution is -0.139. The number of hydrogen-bond acceptors (Lipinski definition) is 5. The van der Waals surface area contributed by atoms with Crippen molar-refractivity contribution >= 4 is 28.5 Å². The fourth-order valence-electron chi connectivity index (χ4n) is 2.68. The molecule has 0 aliphatic carbocycles. The number of rotatable bonds is 5. The van der Waals surface area contributed by atoms with Gasteiger partial charge in [0.05, 0.1) is 24.1 Å². The Labute approximate surface area is 159 Å². The molecule has 7 heteroatoms. The molecule has 0 aliphatic rings. The summed E-state index contributed by atoms with van der Waals surface area (Å²) >= 11 is 5.99. The van der Waals surface area contributed by atoms with Crippen molar-refractivity contribution in [2.75, 3.05) is 7.11 Å². The molecular formula is C20H16ClFO5. The van der Waals surface area contributed by atoms with Crippen molar-refractivity contribution in [1.82, 2.24) is 0 Å². The van der Waals surface area contributed by atoms with Gasteiger partial charge in [0.1, 0.15) is 23.8 Å². The van der Waals surface area contributed by atoms with Crippen LogP contribution in [0.15, 0.2) is 45.6 Å². The van der Waals surface area contributed by atoms with Gasteiger partial charge in [0.15, 0.2) is 0 Å². The van der Waals surface area contributed by atoms with E-state index in [4.69, 9.17) is 20.8 Å². The number of esters is 1. The van der Waals surface area contributed by atoms with Crippen molar-refractivity contribution < 1.29 is 23.1 Å². The second-order valence-corrected chi connectivity index (χ2v) is 6.34. The molecule has 0 amide bonds. The zero-order valence-electron chi connectivity index (χ0n) is 14.7. The maximum Gasteiger partial charge on any atom is 0.340 e. The minimum atomic E-state index is -0.593. The van der Waals surface area contributed by atoms with Crippen LogP contribution in [0.5, 0.6) is 5.75 Å². The minimum Gasteiger partial charge on any atom is -0.489 e. The monoisotopic (exact) mass is 390 g/mol. The van der Waals surface area contributed by atoms with Gasteiger partial charge in [-0.1, -0.05) is 17.7 Å². The van der Waals surface area contributed by atoms with E-state index in [1.807, 2.05) is 0 Å². The smallest absolute Gasteiger partial charge is 0.340 e. The quantitative estimate of drug-likeness (QED) is 0.483. The summed E-state index contributed by atoms with van der Waals surface area (Å²) in [6, 6.07) is 9.11. The highest BCUT2D eigenvalue weighted by Gasteiger charge is 2.15. The highest BCUT2D eigenvalue weighted by atomic mass is 35.5. The second-order valence-electron chi connectivity index (χ2n) is 5.93. The van der Waals surface area contributed by atoms with E-state index in [2.05, 4.69) is 4.74 Å². The molecule has 0 saturated heterocycles. The van der Waals surface area contributed by atoms with E-state index in [0.717, 1.165) is 0 Å². The number of halogens is 2. The largest absolute Gasteiger partial charge is 0.489 e. The molecule has 0 radical (unpaired) electrons. The SMILES string of the molecule is COC(=O)Cc1c(C)c2ccc(OCc3ccc(F)cc3Cl)cc2oc1=O. The van der Waals surface area contributed by atoms with Crippen LogP contribution in [-0.4, -0.2) is 13.1 Å². The molecule has 0 fully saturated rings. The third-order valence-electron chi connectivity index (χ3n) is 4.22. The van der Waals surface area contributed by atoms with Gasteiger partial charge < -0.3 is 13.9 Å². The van der Waals surface area contributed by atoms with Gasteiger partial charge in [0, 0.05) is 17.0 Å². The number of ether oxygens (including phenoxy) is 2. The van der Waals surface area contributed by atoms with Gasteiger partial charge in [-0.15, -0.1) is 0 Å². The number of methoxy groups -OCH3 is 1. The lowest BCUT2D eigenvalue weighted by atomic mass is 10.0. The standard InChI is InChI=1S/C20H16ClFO5/c1-11-15-6-5-14(26-10-12-3-4-13(22)7-17(12)21)8-18(15)27-20(24)16(11)9-19(23)25-2/h3-8H,9-10H2,1-2H3. The van der Waals surface area contributed by atoms with E-state index in [1.54, 1.807) is 31.2 Å². The van der Waals surface area contributed by atoms with Gasteiger partial charge >= 0.3 is 11.6 Å². The van der Waals surface area contributed by atoms with Gasteiger partial charge in [-0.3, -0.25) is 4.79 Å². The first-order valence-electron chi connectivity index (χ1n) is 8.09. The highest BCUT2D eigenvalue weighted by molar-refractivity contribution is 6.31. The summed E-state index contributed by atoms with van der Waals surface area (Å²) in [5.41, 5.74) is 1.29. The number of hydrogen-bond donors (Lipinski definition) is 0.